The van der Waals surface area contributed by atoms with E-state index in [0.29, 0.717) is 11.8 Å². The van der Waals surface area contributed by atoms with E-state index in [1.807, 2.05) is 11.8 Å². The average Bonchev–Trinajstić information content (AvgIpc) is 3.16. The van der Waals surface area contributed by atoms with Gasteiger partial charge < -0.3 is 4.90 Å². The summed E-state index contributed by atoms with van der Waals surface area (Å²) in [5.74, 6) is 0.687. The van der Waals surface area contributed by atoms with Gasteiger partial charge in [-0.15, -0.1) is 0 Å². The van der Waals surface area contributed by atoms with Gasteiger partial charge in [-0.3, -0.25) is 9.69 Å². The van der Waals surface area contributed by atoms with E-state index in [4.69, 9.17) is 4.63 Å². The first-order chi connectivity index (χ1) is 8.74. The van der Waals surface area contributed by atoms with Gasteiger partial charge in [0.2, 0.25) is 5.91 Å². The molecule has 2 heterocycles. The molecule has 2 aliphatic rings. The van der Waals surface area contributed by atoms with Gasteiger partial charge in [0.1, 0.15) is 11.4 Å². The molecule has 6 heteroatoms. The van der Waals surface area contributed by atoms with Crippen molar-refractivity contribution < 1.29 is 9.42 Å². The summed E-state index contributed by atoms with van der Waals surface area (Å²) in [5.41, 5.74) is 1.75. The highest BCUT2D eigenvalue weighted by atomic mass is 16.6. The number of hydrogen-bond donors (Lipinski definition) is 0. The summed E-state index contributed by atoms with van der Waals surface area (Å²) >= 11 is 0. The van der Waals surface area contributed by atoms with Crippen molar-refractivity contribution in [2.75, 3.05) is 26.2 Å². The van der Waals surface area contributed by atoms with Crippen molar-refractivity contribution in [1.29, 1.82) is 0 Å². The quantitative estimate of drug-likeness (QED) is 0.778. The number of rotatable bonds is 3. The van der Waals surface area contributed by atoms with Crippen molar-refractivity contribution >= 4 is 5.91 Å². The van der Waals surface area contributed by atoms with Crippen LogP contribution < -0.4 is 0 Å². The average molecular weight is 250 g/mol. The van der Waals surface area contributed by atoms with Gasteiger partial charge in [0.15, 0.2) is 0 Å². The van der Waals surface area contributed by atoms with Crippen LogP contribution in [0.25, 0.3) is 0 Å². The summed E-state index contributed by atoms with van der Waals surface area (Å²) in [5, 5.41) is 7.67. The second kappa shape index (κ2) is 4.68. The van der Waals surface area contributed by atoms with E-state index >= 15 is 0 Å². The van der Waals surface area contributed by atoms with Crippen LogP contribution in [0.1, 0.15) is 24.2 Å². The molecular weight excluding hydrogens is 232 g/mol. The van der Waals surface area contributed by atoms with E-state index in [1.165, 1.54) is 0 Å². The third-order valence-corrected chi connectivity index (χ3v) is 3.73. The third-order valence-electron chi connectivity index (χ3n) is 3.73. The van der Waals surface area contributed by atoms with Crippen LogP contribution in [-0.2, 0) is 11.3 Å². The van der Waals surface area contributed by atoms with Crippen molar-refractivity contribution in [3.8, 4) is 0 Å². The molecule has 0 spiro atoms. The summed E-state index contributed by atoms with van der Waals surface area (Å²) in [7, 11) is 0. The molecular formula is C12H18N4O2. The number of carbonyl (C=O) groups excluding carboxylic acids is 1. The number of amides is 1. The summed E-state index contributed by atoms with van der Waals surface area (Å²) < 4.78 is 4.69. The Bertz CT molecular complexity index is 433. The minimum atomic E-state index is 0.332. The molecule has 2 fully saturated rings. The maximum absolute atomic E-state index is 11.9. The van der Waals surface area contributed by atoms with Gasteiger partial charge in [-0.25, -0.2) is 4.63 Å². The molecule has 0 atom stereocenters. The zero-order valence-corrected chi connectivity index (χ0v) is 10.6. The van der Waals surface area contributed by atoms with Crippen molar-refractivity contribution in [1.82, 2.24) is 20.1 Å². The van der Waals surface area contributed by atoms with Crippen LogP contribution in [0.4, 0.5) is 0 Å². The fraction of sp³-hybridized carbons (Fsp3) is 0.750. The van der Waals surface area contributed by atoms with Crippen molar-refractivity contribution in [3.63, 3.8) is 0 Å². The van der Waals surface area contributed by atoms with E-state index < -0.39 is 0 Å². The van der Waals surface area contributed by atoms with Crippen molar-refractivity contribution in [3.05, 3.63) is 11.4 Å². The normalized spacial score (nSPS) is 21.3. The van der Waals surface area contributed by atoms with Crippen molar-refractivity contribution in [2.45, 2.75) is 26.3 Å². The number of piperazine rings is 1. The van der Waals surface area contributed by atoms with Gasteiger partial charge in [-0.2, -0.15) is 0 Å². The van der Waals surface area contributed by atoms with Gasteiger partial charge in [0.25, 0.3) is 0 Å². The Hall–Kier alpha value is -1.43. The SMILES string of the molecule is Cc1nonc1CN1CCN(C(=O)C2CC2)CC1. The van der Waals surface area contributed by atoms with Crippen LogP contribution in [0.3, 0.4) is 0 Å². The molecule has 6 nitrogen and oxygen atoms in total. The molecule has 3 rings (SSSR count). The lowest BCUT2D eigenvalue weighted by molar-refractivity contribution is -0.134. The minimum Gasteiger partial charge on any atom is -0.340 e. The van der Waals surface area contributed by atoms with Crippen LogP contribution >= 0.6 is 0 Å². The molecule has 1 saturated carbocycles. The highest BCUT2D eigenvalue weighted by molar-refractivity contribution is 5.81. The molecule has 1 aromatic heterocycles. The molecule has 1 aliphatic carbocycles. The Morgan fingerprint density at radius 2 is 2.00 bits per heavy atom. The highest BCUT2D eigenvalue weighted by Crippen LogP contribution is 2.31. The lowest BCUT2D eigenvalue weighted by atomic mass is 10.2. The van der Waals surface area contributed by atoms with E-state index in [-0.39, 0.29) is 0 Å². The smallest absolute Gasteiger partial charge is 0.225 e. The molecule has 0 bridgehead atoms. The van der Waals surface area contributed by atoms with E-state index in [9.17, 15) is 4.79 Å². The predicted molar refractivity (Wildman–Crippen MR) is 63.6 cm³/mol. The minimum absolute atomic E-state index is 0.332. The van der Waals surface area contributed by atoms with Crippen molar-refractivity contribution in [2.24, 2.45) is 5.92 Å². The Labute approximate surface area is 106 Å². The van der Waals surface area contributed by atoms with Crippen LogP contribution in [0, 0.1) is 12.8 Å². The van der Waals surface area contributed by atoms with E-state index in [0.717, 1.165) is 57.0 Å². The maximum Gasteiger partial charge on any atom is 0.225 e. The lowest BCUT2D eigenvalue weighted by Crippen LogP contribution is -2.48. The summed E-state index contributed by atoms with van der Waals surface area (Å²) in [6.45, 7) is 6.15. The van der Waals surface area contributed by atoms with Gasteiger partial charge in [-0.1, -0.05) is 10.3 Å². The fourth-order valence-electron chi connectivity index (χ4n) is 2.32. The van der Waals surface area contributed by atoms with Crippen LogP contribution in [-0.4, -0.2) is 52.2 Å². The Morgan fingerprint density at radius 3 is 2.56 bits per heavy atom. The molecule has 1 aliphatic heterocycles. The van der Waals surface area contributed by atoms with E-state index in [1.54, 1.807) is 0 Å². The molecule has 0 radical (unpaired) electrons. The summed E-state index contributed by atoms with van der Waals surface area (Å²) in [4.78, 5) is 16.2. The summed E-state index contributed by atoms with van der Waals surface area (Å²) in [6.07, 6.45) is 2.17. The largest absolute Gasteiger partial charge is 0.340 e. The maximum atomic E-state index is 11.9. The number of carbonyl (C=O) groups is 1. The number of nitrogens with zero attached hydrogens (tertiary/aromatic N) is 4. The number of aryl methyl sites for hydroxylation is 1. The van der Waals surface area contributed by atoms with Crippen LogP contribution in [0.2, 0.25) is 0 Å². The van der Waals surface area contributed by atoms with Gasteiger partial charge in [-0.05, 0) is 19.8 Å². The zero-order valence-electron chi connectivity index (χ0n) is 10.6. The third kappa shape index (κ3) is 2.38. The zero-order chi connectivity index (χ0) is 12.5. The predicted octanol–water partition coefficient (Wildman–Crippen LogP) is 0.432. The number of hydrogen-bond acceptors (Lipinski definition) is 5. The van der Waals surface area contributed by atoms with Crippen LogP contribution in [0.5, 0.6) is 0 Å². The topological polar surface area (TPSA) is 62.5 Å². The Morgan fingerprint density at radius 1 is 1.28 bits per heavy atom. The van der Waals surface area contributed by atoms with Gasteiger partial charge >= 0.3 is 0 Å². The standard InChI is InChI=1S/C12H18N4O2/c1-9-11(14-18-13-9)8-15-4-6-16(7-5-15)12(17)10-2-3-10/h10H,2-8H2,1H3. The fourth-order valence-corrected chi connectivity index (χ4v) is 2.32. The van der Waals surface area contributed by atoms with Gasteiger partial charge in [0.05, 0.1) is 0 Å². The molecule has 0 N–H and O–H groups in total. The molecule has 98 valence electrons. The first kappa shape index (κ1) is 11.6. The molecule has 18 heavy (non-hydrogen) atoms. The van der Waals surface area contributed by atoms with Gasteiger partial charge in [0, 0.05) is 38.6 Å². The van der Waals surface area contributed by atoms with E-state index in [2.05, 4.69) is 15.2 Å². The lowest BCUT2D eigenvalue weighted by Gasteiger charge is -2.34. The molecule has 1 amide bonds. The first-order valence-corrected chi connectivity index (χ1v) is 6.53. The molecule has 1 saturated heterocycles. The van der Waals surface area contributed by atoms with Crippen LogP contribution in [0.15, 0.2) is 4.63 Å². The summed E-state index contributed by atoms with van der Waals surface area (Å²) in [6, 6.07) is 0. The second-order valence-corrected chi connectivity index (χ2v) is 5.17. The molecule has 0 aromatic carbocycles. The molecule has 1 aromatic rings. The Balaban J connectivity index is 1.50. The second-order valence-electron chi connectivity index (χ2n) is 5.17. The monoisotopic (exact) mass is 250 g/mol. The molecule has 0 unspecified atom stereocenters. The number of aromatic nitrogens is 2. The highest BCUT2D eigenvalue weighted by Gasteiger charge is 2.34. The first-order valence-electron chi connectivity index (χ1n) is 6.53. The Kier molecular flexibility index (Phi) is 3.03.